The van der Waals surface area contributed by atoms with E-state index in [1.165, 1.54) is 11.5 Å². The van der Waals surface area contributed by atoms with Crippen molar-refractivity contribution in [1.29, 1.82) is 0 Å². The molecule has 0 aromatic heterocycles. The Bertz CT molecular complexity index is 457. The van der Waals surface area contributed by atoms with E-state index in [0.29, 0.717) is 23.5 Å². The molecule has 0 unspecified atom stereocenters. The van der Waals surface area contributed by atoms with E-state index in [4.69, 9.17) is 9.16 Å². The summed E-state index contributed by atoms with van der Waals surface area (Å²) in [6, 6.07) is 0. The summed E-state index contributed by atoms with van der Waals surface area (Å²) in [6.07, 6.45) is 4.39. The fraction of sp³-hybridized carbons (Fsp3) is 0.905. The predicted molar refractivity (Wildman–Crippen MR) is 125 cm³/mol. The van der Waals surface area contributed by atoms with Gasteiger partial charge in [0.1, 0.15) is 0 Å². The topological polar surface area (TPSA) is 38.7 Å². The zero-order valence-electron chi connectivity index (χ0n) is 18.7. The van der Waals surface area contributed by atoms with Crippen molar-refractivity contribution in [3.8, 4) is 0 Å². The van der Waals surface area contributed by atoms with Gasteiger partial charge in [0, 0.05) is 25.0 Å². The summed E-state index contributed by atoms with van der Waals surface area (Å²) in [7, 11) is 0.00812. The van der Waals surface area contributed by atoms with Crippen LogP contribution in [0.2, 0.25) is 18.1 Å². The lowest BCUT2D eigenvalue weighted by atomic mass is 9.98. The normalized spacial score (nSPS) is 20.7. The van der Waals surface area contributed by atoms with E-state index in [9.17, 15) is 5.11 Å². The molecule has 0 radical (unpaired) electrons. The van der Waals surface area contributed by atoms with Crippen LogP contribution in [-0.2, 0) is 9.16 Å². The van der Waals surface area contributed by atoms with Crippen molar-refractivity contribution in [2.75, 3.05) is 25.2 Å². The van der Waals surface area contributed by atoms with Crippen LogP contribution in [0.1, 0.15) is 53.9 Å². The molecule has 1 heterocycles. The molecule has 1 N–H and O–H groups in total. The first-order chi connectivity index (χ1) is 12.5. The molecule has 1 aliphatic rings. The van der Waals surface area contributed by atoms with Crippen molar-refractivity contribution in [3.63, 3.8) is 0 Å². The van der Waals surface area contributed by atoms with Crippen LogP contribution >= 0.6 is 23.5 Å². The zero-order valence-corrected chi connectivity index (χ0v) is 21.3. The Labute approximate surface area is 177 Å². The lowest BCUT2D eigenvalue weighted by Gasteiger charge is -2.35. The maximum atomic E-state index is 10.5. The predicted octanol–water partition coefficient (Wildman–Crippen LogP) is 5.94. The minimum Gasteiger partial charge on any atom is -0.413 e. The number of ether oxygens (including phenoxy) is 1. The molecule has 160 valence electrons. The minimum absolute atomic E-state index is 0.0337. The Morgan fingerprint density at radius 3 is 2.33 bits per heavy atom. The Kier molecular flexibility index (Phi) is 11.0. The number of methoxy groups -OCH3 is 1. The van der Waals surface area contributed by atoms with E-state index in [-0.39, 0.29) is 17.2 Å². The fourth-order valence-corrected chi connectivity index (χ4v) is 6.92. The summed E-state index contributed by atoms with van der Waals surface area (Å²) in [6.45, 7) is 16.4. The first kappa shape index (κ1) is 25.6. The molecule has 6 heteroatoms. The molecule has 1 rings (SSSR count). The van der Waals surface area contributed by atoms with E-state index in [2.05, 4.69) is 77.3 Å². The molecular formula is C21H42O3S2Si. The average molecular weight is 435 g/mol. The first-order valence-corrected chi connectivity index (χ1v) is 15.2. The van der Waals surface area contributed by atoms with Crippen molar-refractivity contribution < 1.29 is 14.3 Å². The van der Waals surface area contributed by atoms with E-state index in [1.807, 2.05) is 0 Å². The van der Waals surface area contributed by atoms with Crippen molar-refractivity contribution in [1.82, 2.24) is 0 Å². The molecule has 1 saturated heterocycles. The maximum Gasteiger partial charge on any atom is 0.192 e. The third-order valence-electron chi connectivity index (χ3n) is 6.00. The number of aliphatic hydroxyl groups excluding tert-OH is 1. The molecule has 3 nitrogen and oxygen atoms in total. The van der Waals surface area contributed by atoms with Crippen LogP contribution in [-0.4, -0.2) is 55.4 Å². The molecule has 1 aliphatic heterocycles. The number of rotatable bonds is 11. The quantitative estimate of drug-likeness (QED) is 0.322. The molecule has 3 atom stereocenters. The lowest BCUT2D eigenvalue weighted by Crippen LogP contribution is -2.40. The second kappa shape index (κ2) is 11.7. The molecule has 0 aromatic rings. The van der Waals surface area contributed by atoms with Gasteiger partial charge in [-0.2, -0.15) is 0 Å². The second-order valence-electron chi connectivity index (χ2n) is 9.30. The van der Waals surface area contributed by atoms with Gasteiger partial charge >= 0.3 is 0 Å². The van der Waals surface area contributed by atoms with Gasteiger partial charge in [0.05, 0.1) is 23.4 Å². The molecular weight excluding hydrogens is 392 g/mol. The lowest BCUT2D eigenvalue weighted by molar-refractivity contribution is 0.0590. The van der Waals surface area contributed by atoms with Crippen LogP contribution in [0.5, 0.6) is 0 Å². The minimum atomic E-state index is -1.73. The fourth-order valence-electron chi connectivity index (χ4n) is 2.86. The molecule has 27 heavy (non-hydrogen) atoms. The van der Waals surface area contributed by atoms with Gasteiger partial charge in [0.2, 0.25) is 0 Å². The molecule has 0 saturated carbocycles. The first-order valence-electron chi connectivity index (χ1n) is 10.2. The second-order valence-corrected chi connectivity index (χ2v) is 16.9. The van der Waals surface area contributed by atoms with Crippen molar-refractivity contribution >= 4 is 31.8 Å². The molecule has 0 spiro atoms. The number of hydrogen-bond donors (Lipinski definition) is 1. The summed E-state index contributed by atoms with van der Waals surface area (Å²) < 4.78 is 12.6. The van der Waals surface area contributed by atoms with Crippen LogP contribution in [0.3, 0.4) is 0 Å². The highest BCUT2D eigenvalue weighted by atomic mass is 32.2. The summed E-state index contributed by atoms with van der Waals surface area (Å²) in [5.41, 5.74) is 1.16. The monoisotopic (exact) mass is 434 g/mol. The van der Waals surface area contributed by atoms with Gasteiger partial charge in [-0.3, -0.25) is 0 Å². The SMILES string of the molecule is CO[C@@H](C[C@@H](O)CC[C@@H](C)C1SCCS1)/C(C)=C/CO[Si](C)(C)C(C)(C)C. The van der Waals surface area contributed by atoms with Gasteiger partial charge in [0.25, 0.3) is 0 Å². The van der Waals surface area contributed by atoms with Gasteiger partial charge in [-0.1, -0.05) is 33.8 Å². The van der Waals surface area contributed by atoms with Gasteiger partial charge < -0.3 is 14.3 Å². The van der Waals surface area contributed by atoms with Gasteiger partial charge in [-0.05, 0) is 49.4 Å². The summed E-state index contributed by atoms with van der Waals surface area (Å²) in [4.78, 5) is 0. The molecule has 0 aromatic carbocycles. The van der Waals surface area contributed by atoms with Crippen LogP contribution < -0.4 is 0 Å². The molecule has 0 bridgehead atoms. The van der Waals surface area contributed by atoms with Crippen molar-refractivity contribution in [2.45, 2.75) is 88.8 Å². The third kappa shape index (κ3) is 8.83. The number of thioether (sulfide) groups is 2. The number of hydrogen-bond acceptors (Lipinski definition) is 5. The molecule has 1 fully saturated rings. The molecule has 0 amide bonds. The smallest absolute Gasteiger partial charge is 0.192 e. The van der Waals surface area contributed by atoms with Crippen LogP contribution in [0.25, 0.3) is 0 Å². The van der Waals surface area contributed by atoms with Gasteiger partial charge in [-0.25, -0.2) is 0 Å². The highest BCUT2D eigenvalue weighted by molar-refractivity contribution is 8.20. The molecule has 0 aliphatic carbocycles. The van der Waals surface area contributed by atoms with Crippen LogP contribution in [0.4, 0.5) is 0 Å². The maximum absolute atomic E-state index is 10.5. The van der Waals surface area contributed by atoms with Gasteiger partial charge in [0.15, 0.2) is 8.32 Å². The Morgan fingerprint density at radius 2 is 1.81 bits per heavy atom. The van der Waals surface area contributed by atoms with Crippen molar-refractivity contribution in [3.05, 3.63) is 11.6 Å². The standard InChI is InChI=1S/C21H42O3S2Si/c1-16(11-12-24-27(7,8)21(3,4)5)19(23-6)15-18(22)10-9-17(2)20-25-13-14-26-20/h11,17-20,22H,9-10,12-15H2,1-8H3/b16-11+/t17-,18+,19+/m1/s1. The Hall–Kier alpha value is 0.537. The summed E-state index contributed by atoms with van der Waals surface area (Å²) in [5, 5.41) is 10.7. The van der Waals surface area contributed by atoms with E-state index >= 15 is 0 Å². The highest BCUT2D eigenvalue weighted by Crippen LogP contribution is 2.39. The van der Waals surface area contributed by atoms with E-state index in [1.54, 1.807) is 7.11 Å². The van der Waals surface area contributed by atoms with E-state index < -0.39 is 8.32 Å². The van der Waals surface area contributed by atoms with E-state index in [0.717, 1.165) is 18.4 Å². The summed E-state index contributed by atoms with van der Waals surface area (Å²) in [5.74, 6) is 3.21. The Morgan fingerprint density at radius 1 is 1.22 bits per heavy atom. The van der Waals surface area contributed by atoms with Crippen molar-refractivity contribution in [2.24, 2.45) is 5.92 Å². The van der Waals surface area contributed by atoms with Crippen LogP contribution in [0, 0.1) is 5.92 Å². The summed E-state index contributed by atoms with van der Waals surface area (Å²) >= 11 is 4.15. The average Bonchev–Trinajstić information content (AvgIpc) is 3.10. The Balaban J connectivity index is 2.43. The highest BCUT2D eigenvalue weighted by Gasteiger charge is 2.36. The number of aliphatic hydroxyl groups is 1. The largest absolute Gasteiger partial charge is 0.413 e. The van der Waals surface area contributed by atoms with Crippen LogP contribution in [0.15, 0.2) is 11.6 Å². The third-order valence-corrected chi connectivity index (χ3v) is 14.0. The zero-order chi connectivity index (χ0) is 20.7. The van der Waals surface area contributed by atoms with Gasteiger partial charge in [-0.15, -0.1) is 23.5 Å².